The Hall–Kier alpha value is -2.73. The summed E-state index contributed by atoms with van der Waals surface area (Å²) in [6, 6.07) is 14.4. The van der Waals surface area contributed by atoms with E-state index in [1.165, 1.54) is 11.1 Å². The highest BCUT2D eigenvalue weighted by Gasteiger charge is 2.11. The summed E-state index contributed by atoms with van der Waals surface area (Å²) >= 11 is 0. The van der Waals surface area contributed by atoms with Gasteiger partial charge in [-0.15, -0.1) is 0 Å². The second-order valence-corrected chi connectivity index (χ2v) is 6.84. The predicted molar refractivity (Wildman–Crippen MR) is 116 cm³/mol. The van der Waals surface area contributed by atoms with E-state index in [-0.39, 0.29) is 0 Å². The molecule has 0 amide bonds. The van der Waals surface area contributed by atoms with Gasteiger partial charge in [0.25, 0.3) is 0 Å². The second kappa shape index (κ2) is 11.3. The van der Waals surface area contributed by atoms with Crippen molar-refractivity contribution in [3.8, 4) is 11.5 Å². The van der Waals surface area contributed by atoms with Crippen LogP contribution in [0, 0.1) is 0 Å². The Labute approximate surface area is 173 Å². The fourth-order valence-corrected chi connectivity index (χ4v) is 3.29. The number of ether oxygens (including phenoxy) is 3. The average Bonchev–Trinajstić information content (AvgIpc) is 3.21. The molecule has 6 nitrogen and oxygen atoms in total. The third kappa shape index (κ3) is 6.39. The summed E-state index contributed by atoms with van der Waals surface area (Å²) in [4.78, 5) is 4.59. The maximum Gasteiger partial charge on any atom is 0.191 e. The molecule has 1 heterocycles. The highest BCUT2D eigenvalue weighted by atomic mass is 16.5. The van der Waals surface area contributed by atoms with Crippen molar-refractivity contribution in [1.29, 1.82) is 0 Å². The lowest BCUT2D eigenvalue weighted by Gasteiger charge is -2.12. The first-order chi connectivity index (χ1) is 14.3. The van der Waals surface area contributed by atoms with Crippen LogP contribution in [0.5, 0.6) is 11.5 Å². The lowest BCUT2D eigenvalue weighted by atomic mass is 10.1. The zero-order chi connectivity index (χ0) is 20.3. The molecule has 29 heavy (non-hydrogen) atoms. The van der Waals surface area contributed by atoms with Crippen LogP contribution in [0.25, 0.3) is 0 Å². The Balaban J connectivity index is 1.40. The van der Waals surface area contributed by atoms with Crippen molar-refractivity contribution in [2.45, 2.75) is 26.4 Å². The summed E-state index contributed by atoms with van der Waals surface area (Å²) < 4.78 is 16.7. The number of hydrogen-bond donors (Lipinski definition) is 2. The fraction of sp³-hybridized carbons (Fsp3) is 0.435. The highest BCUT2D eigenvalue weighted by molar-refractivity contribution is 5.79. The third-order valence-corrected chi connectivity index (χ3v) is 4.76. The van der Waals surface area contributed by atoms with Crippen LogP contribution in [0.15, 0.2) is 47.5 Å². The first kappa shape index (κ1) is 21.0. The number of aliphatic imine (C=N–C) groups is 1. The van der Waals surface area contributed by atoms with Crippen molar-refractivity contribution < 1.29 is 14.2 Å². The largest absolute Gasteiger partial charge is 0.496 e. The summed E-state index contributed by atoms with van der Waals surface area (Å²) in [7, 11) is 1.67. The van der Waals surface area contributed by atoms with Gasteiger partial charge < -0.3 is 24.8 Å². The summed E-state index contributed by atoms with van der Waals surface area (Å²) in [5, 5.41) is 6.68. The Bertz CT molecular complexity index is 808. The minimum absolute atomic E-state index is 0.519. The molecular weight excluding hydrogens is 366 g/mol. The van der Waals surface area contributed by atoms with Gasteiger partial charge in [0, 0.05) is 25.1 Å². The number of fused-ring (bicyclic) bond motifs is 1. The zero-order valence-corrected chi connectivity index (χ0v) is 17.4. The highest BCUT2D eigenvalue weighted by Crippen LogP contribution is 2.25. The van der Waals surface area contributed by atoms with Gasteiger partial charge in [-0.05, 0) is 36.6 Å². The number of benzene rings is 2. The maximum absolute atomic E-state index is 5.75. The van der Waals surface area contributed by atoms with Crippen LogP contribution in [0.1, 0.15) is 23.6 Å². The molecule has 1 aliphatic rings. The van der Waals surface area contributed by atoms with E-state index in [1.54, 1.807) is 7.11 Å². The molecule has 0 radical (unpaired) electrons. The van der Waals surface area contributed by atoms with Gasteiger partial charge in [-0.25, -0.2) is 0 Å². The molecule has 1 aliphatic heterocycles. The Morgan fingerprint density at radius 3 is 2.93 bits per heavy atom. The number of methoxy groups -OCH3 is 1. The van der Waals surface area contributed by atoms with Crippen LogP contribution in [-0.2, 0) is 24.2 Å². The number of nitrogens with zero attached hydrogens (tertiary/aromatic N) is 1. The summed E-state index contributed by atoms with van der Waals surface area (Å²) in [6.45, 7) is 6.19. The molecule has 0 atom stereocenters. The van der Waals surface area contributed by atoms with Gasteiger partial charge in [-0.1, -0.05) is 30.3 Å². The van der Waals surface area contributed by atoms with Crippen LogP contribution < -0.4 is 20.1 Å². The van der Waals surface area contributed by atoms with Crippen LogP contribution in [0.3, 0.4) is 0 Å². The molecular formula is C23H31N3O3. The van der Waals surface area contributed by atoms with E-state index in [2.05, 4.69) is 40.7 Å². The Kier molecular flexibility index (Phi) is 8.19. The van der Waals surface area contributed by atoms with Gasteiger partial charge in [0.15, 0.2) is 5.96 Å². The van der Waals surface area contributed by atoms with Gasteiger partial charge in [-0.3, -0.25) is 4.99 Å². The predicted octanol–water partition coefficient (Wildman–Crippen LogP) is 2.94. The average molecular weight is 398 g/mol. The lowest BCUT2D eigenvalue weighted by Crippen LogP contribution is -2.38. The standard InChI is InChI=1S/C23H31N3O3/c1-3-24-23(25-12-10-18-8-9-22-19(16-18)11-14-29-22)26-13-15-28-17-20-6-4-5-7-21(20)27-2/h4-9,16H,3,10-15,17H2,1-2H3,(H2,24,25,26). The van der Waals surface area contributed by atoms with Gasteiger partial charge in [-0.2, -0.15) is 0 Å². The molecule has 0 fully saturated rings. The number of nitrogens with one attached hydrogen (secondary N) is 2. The molecule has 3 rings (SSSR count). The zero-order valence-electron chi connectivity index (χ0n) is 17.4. The van der Waals surface area contributed by atoms with Crippen molar-refractivity contribution in [3.05, 3.63) is 59.2 Å². The van der Waals surface area contributed by atoms with E-state index in [4.69, 9.17) is 14.2 Å². The first-order valence-corrected chi connectivity index (χ1v) is 10.3. The molecule has 0 spiro atoms. The third-order valence-electron chi connectivity index (χ3n) is 4.76. The number of rotatable bonds is 10. The van der Waals surface area contributed by atoms with Crippen molar-refractivity contribution in [2.24, 2.45) is 4.99 Å². The maximum atomic E-state index is 5.75. The number of guanidine groups is 1. The van der Waals surface area contributed by atoms with Crippen LogP contribution in [0.4, 0.5) is 0 Å². The minimum Gasteiger partial charge on any atom is -0.496 e. The van der Waals surface area contributed by atoms with Gasteiger partial charge >= 0.3 is 0 Å². The molecule has 2 aromatic rings. The van der Waals surface area contributed by atoms with E-state index < -0.39 is 0 Å². The van der Waals surface area contributed by atoms with Crippen molar-refractivity contribution >= 4 is 5.96 Å². The quantitative estimate of drug-likeness (QED) is 0.367. The van der Waals surface area contributed by atoms with E-state index in [0.29, 0.717) is 19.8 Å². The summed E-state index contributed by atoms with van der Waals surface area (Å²) in [6.07, 6.45) is 1.96. The van der Waals surface area contributed by atoms with E-state index in [9.17, 15) is 0 Å². The van der Waals surface area contributed by atoms with Crippen LogP contribution in [-0.4, -0.2) is 45.9 Å². The second-order valence-electron chi connectivity index (χ2n) is 6.84. The van der Waals surface area contributed by atoms with Crippen LogP contribution >= 0.6 is 0 Å². The topological polar surface area (TPSA) is 64.1 Å². The Morgan fingerprint density at radius 1 is 1.17 bits per heavy atom. The normalized spacial score (nSPS) is 13.0. The molecule has 0 unspecified atom stereocenters. The summed E-state index contributed by atoms with van der Waals surface area (Å²) in [5.41, 5.74) is 3.68. The lowest BCUT2D eigenvalue weighted by molar-refractivity contribution is 0.126. The van der Waals surface area contributed by atoms with E-state index in [0.717, 1.165) is 55.6 Å². The molecule has 0 saturated carbocycles. The van der Waals surface area contributed by atoms with Crippen molar-refractivity contribution in [1.82, 2.24) is 10.6 Å². The summed E-state index contributed by atoms with van der Waals surface area (Å²) in [5.74, 6) is 2.70. The molecule has 0 saturated heterocycles. The number of para-hydroxylation sites is 1. The van der Waals surface area contributed by atoms with Crippen molar-refractivity contribution in [2.75, 3.05) is 40.0 Å². The van der Waals surface area contributed by atoms with Crippen LogP contribution in [0.2, 0.25) is 0 Å². The van der Waals surface area contributed by atoms with Gasteiger partial charge in [0.1, 0.15) is 11.5 Å². The molecule has 0 aliphatic carbocycles. The minimum atomic E-state index is 0.519. The first-order valence-electron chi connectivity index (χ1n) is 10.3. The van der Waals surface area contributed by atoms with Gasteiger partial charge in [0.2, 0.25) is 0 Å². The van der Waals surface area contributed by atoms with E-state index in [1.807, 2.05) is 24.3 Å². The molecule has 156 valence electrons. The molecule has 0 bridgehead atoms. The Morgan fingerprint density at radius 2 is 2.07 bits per heavy atom. The molecule has 6 heteroatoms. The smallest absolute Gasteiger partial charge is 0.191 e. The molecule has 0 aromatic heterocycles. The molecule has 2 aromatic carbocycles. The van der Waals surface area contributed by atoms with E-state index >= 15 is 0 Å². The fourth-order valence-electron chi connectivity index (χ4n) is 3.29. The SMILES string of the molecule is CCNC(=NCCOCc1ccccc1OC)NCCc1ccc2c(c1)CCO2. The van der Waals surface area contributed by atoms with Gasteiger partial charge in [0.05, 0.1) is 33.5 Å². The number of hydrogen-bond acceptors (Lipinski definition) is 4. The molecule has 2 N–H and O–H groups in total. The monoisotopic (exact) mass is 397 g/mol. The van der Waals surface area contributed by atoms with Crippen molar-refractivity contribution in [3.63, 3.8) is 0 Å².